The molecule has 4 heteroatoms. The Morgan fingerprint density at radius 1 is 1.29 bits per heavy atom. The number of hydrogen-bond donors (Lipinski definition) is 2. The van der Waals surface area contributed by atoms with E-state index in [9.17, 15) is 9.90 Å². The van der Waals surface area contributed by atoms with Crippen LogP contribution in [0.5, 0.6) is 0 Å². The molecule has 1 amide bonds. The van der Waals surface area contributed by atoms with Crippen LogP contribution in [0.2, 0.25) is 0 Å². The number of likely N-dealkylation sites (tertiary alicyclic amines) is 1. The first-order valence-corrected chi connectivity index (χ1v) is 8.75. The van der Waals surface area contributed by atoms with Crippen LogP contribution in [0.4, 0.5) is 0 Å². The van der Waals surface area contributed by atoms with Gasteiger partial charge in [-0.1, -0.05) is 19.8 Å². The maximum absolute atomic E-state index is 11.7. The van der Waals surface area contributed by atoms with Gasteiger partial charge in [-0.2, -0.15) is 0 Å². The Kier molecular flexibility index (Phi) is 6.49. The standard InChI is InChI=1S/C17H32N2O2/c1-3-17(21)9-15-8-16(12-19(11-15)13(2)20)18-10-14-6-4-5-7-14/h14-18,21H,3-12H2,1-2H3. The van der Waals surface area contributed by atoms with Crippen molar-refractivity contribution in [3.8, 4) is 0 Å². The summed E-state index contributed by atoms with van der Waals surface area (Å²) in [5.74, 6) is 1.43. The molecule has 2 rings (SSSR count). The molecule has 1 aliphatic carbocycles. The zero-order valence-electron chi connectivity index (χ0n) is 13.7. The number of hydrogen-bond acceptors (Lipinski definition) is 3. The summed E-state index contributed by atoms with van der Waals surface area (Å²) >= 11 is 0. The molecule has 122 valence electrons. The van der Waals surface area contributed by atoms with E-state index >= 15 is 0 Å². The van der Waals surface area contributed by atoms with Gasteiger partial charge >= 0.3 is 0 Å². The number of nitrogens with one attached hydrogen (secondary N) is 1. The van der Waals surface area contributed by atoms with Crippen LogP contribution in [0.25, 0.3) is 0 Å². The highest BCUT2D eigenvalue weighted by Crippen LogP contribution is 2.26. The topological polar surface area (TPSA) is 52.6 Å². The summed E-state index contributed by atoms with van der Waals surface area (Å²) in [6, 6.07) is 0.400. The van der Waals surface area contributed by atoms with Crippen molar-refractivity contribution in [1.29, 1.82) is 0 Å². The fraction of sp³-hybridized carbons (Fsp3) is 0.941. The molecule has 0 aromatic rings. The highest BCUT2D eigenvalue weighted by atomic mass is 16.3. The van der Waals surface area contributed by atoms with E-state index in [4.69, 9.17) is 0 Å². The third-order valence-corrected chi connectivity index (χ3v) is 5.23. The zero-order chi connectivity index (χ0) is 15.2. The highest BCUT2D eigenvalue weighted by molar-refractivity contribution is 5.73. The van der Waals surface area contributed by atoms with Crippen LogP contribution in [0.3, 0.4) is 0 Å². The van der Waals surface area contributed by atoms with Gasteiger partial charge in [0.2, 0.25) is 5.91 Å². The van der Waals surface area contributed by atoms with Crippen LogP contribution < -0.4 is 5.32 Å². The molecule has 0 aromatic carbocycles. The number of rotatable bonds is 6. The quantitative estimate of drug-likeness (QED) is 0.790. The van der Waals surface area contributed by atoms with E-state index in [0.717, 1.165) is 44.8 Å². The summed E-state index contributed by atoms with van der Waals surface area (Å²) in [5, 5.41) is 13.6. The van der Waals surface area contributed by atoms with Gasteiger partial charge in [0.25, 0.3) is 0 Å². The summed E-state index contributed by atoms with van der Waals surface area (Å²) in [5.41, 5.74) is 0. The van der Waals surface area contributed by atoms with E-state index in [-0.39, 0.29) is 12.0 Å². The Morgan fingerprint density at radius 3 is 2.62 bits per heavy atom. The van der Waals surface area contributed by atoms with Gasteiger partial charge in [0.05, 0.1) is 6.10 Å². The van der Waals surface area contributed by atoms with Crippen molar-refractivity contribution in [1.82, 2.24) is 10.2 Å². The van der Waals surface area contributed by atoms with Gasteiger partial charge in [0.1, 0.15) is 0 Å². The van der Waals surface area contributed by atoms with Crippen molar-refractivity contribution in [2.75, 3.05) is 19.6 Å². The van der Waals surface area contributed by atoms with Gasteiger partial charge in [-0.05, 0) is 50.5 Å². The van der Waals surface area contributed by atoms with Gasteiger partial charge in [-0.3, -0.25) is 4.79 Å². The Hall–Kier alpha value is -0.610. The van der Waals surface area contributed by atoms with E-state index in [2.05, 4.69) is 5.32 Å². The van der Waals surface area contributed by atoms with Crippen molar-refractivity contribution in [3.63, 3.8) is 0 Å². The molecule has 3 unspecified atom stereocenters. The predicted molar refractivity (Wildman–Crippen MR) is 85.0 cm³/mol. The largest absolute Gasteiger partial charge is 0.393 e. The zero-order valence-corrected chi connectivity index (χ0v) is 13.7. The molecule has 1 heterocycles. The number of nitrogens with zero attached hydrogens (tertiary/aromatic N) is 1. The molecule has 0 aromatic heterocycles. The van der Waals surface area contributed by atoms with Crippen LogP contribution >= 0.6 is 0 Å². The Bertz CT molecular complexity index is 329. The normalized spacial score (nSPS) is 28.8. The maximum Gasteiger partial charge on any atom is 0.219 e. The second-order valence-electron chi connectivity index (χ2n) is 7.08. The summed E-state index contributed by atoms with van der Waals surface area (Å²) in [7, 11) is 0. The average Bonchev–Trinajstić information content (AvgIpc) is 2.98. The average molecular weight is 296 g/mol. The summed E-state index contributed by atoms with van der Waals surface area (Å²) in [6.07, 6.45) is 7.95. The van der Waals surface area contributed by atoms with Crippen molar-refractivity contribution < 1.29 is 9.90 Å². The summed E-state index contributed by atoms with van der Waals surface area (Å²) in [4.78, 5) is 13.7. The van der Waals surface area contributed by atoms with Gasteiger partial charge in [0, 0.05) is 26.1 Å². The lowest BCUT2D eigenvalue weighted by atomic mass is 9.88. The minimum absolute atomic E-state index is 0.165. The Balaban J connectivity index is 1.84. The number of aliphatic hydroxyl groups excluding tert-OH is 1. The van der Waals surface area contributed by atoms with Crippen LogP contribution in [0.1, 0.15) is 58.8 Å². The van der Waals surface area contributed by atoms with E-state index < -0.39 is 0 Å². The molecule has 2 N–H and O–H groups in total. The van der Waals surface area contributed by atoms with Gasteiger partial charge in [-0.25, -0.2) is 0 Å². The van der Waals surface area contributed by atoms with Gasteiger partial charge < -0.3 is 15.3 Å². The smallest absolute Gasteiger partial charge is 0.219 e. The third kappa shape index (κ3) is 5.26. The summed E-state index contributed by atoms with van der Waals surface area (Å²) < 4.78 is 0. The second-order valence-corrected chi connectivity index (χ2v) is 7.08. The molecule has 2 fully saturated rings. The number of carbonyl (C=O) groups is 1. The van der Waals surface area contributed by atoms with Crippen molar-refractivity contribution >= 4 is 5.91 Å². The fourth-order valence-corrected chi connectivity index (χ4v) is 3.88. The SMILES string of the molecule is CCC(O)CC1CC(NCC2CCCC2)CN(C(C)=O)C1. The molecule has 0 bridgehead atoms. The Morgan fingerprint density at radius 2 is 2.00 bits per heavy atom. The molecule has 0 spiro atoms. The molecular weight excluding hydrogens is 264 g/mol. The van der Waals surface area contributed by atoms with E-state index in [1.54, 1.807) is 6.92 Å². The predicted octanol–water partition coefficient (Wildman–Crippen LogP) is 2.16. The number of amides is 1. The number of piperidine rings is 1. The summed E-state index contributed by atoms with van der Waals surface area (Å²) in [6.45, 7) is 6.42. The molecule has 1 aliphatic heterocycles. The first kappa shape index (κ1) is 16.8. The fourth-order valence-electron chi connectivity index (χ4n) is 3.88. The highest BCUT2D eigenvalue weighted by Gasteiger charge is 2.30. The van der Waals surface area contributed by atoms with Crippen molar-refractivity contribution in [2.24, 2.45) is 11.8 Å². The van der Waals surface area contributed by atoms with Crippen molar-refractivity contribution in [3.05, 3.63) is 0 Å². The van der Waals surface area contributed by atoms with E-state index in [0.29, 0.717) is 12.0 Å². The van der Waals surface area contributed by atoms with Crippen LogP contribution in [-0.4, -0.2) is 47.7 Å². The first-order valence-electron chi connectivity index (χ1n) is 8.75. The molecule has 21 heavy (non-hydrogen) atoms. The van der Waals surface area contributed by atoms with Crippen LogP contribution in [0, 0.1) is 11.8 Å². The number of carbonyl (C=O) groups excluding carboxylic acids is 1. The van der Waals surface area contributed by atoms with E-state index in [1.165, 1.54) is 25.7 Å². The lowest BCUT2D eigenvalue weighted by Gasteiger charge is -2.39. The first-order chi connectivity index (χ1) is 10.1. The monoisotopic (exact) mass is 296 g/mol. The lowest BCUT2D eigenvalue weighted by molar-refractivity contribution is -0.131. The third-order valence-electron chi connectivity index (χ3n) is 5.23. The lowest BCUT2D eigenvalue weighted by Crippen LogP contribution is -2.51. The number of aliphatic hydroxyl groups is 1. The van der Waals surface area contributed by atoms with Gasteiger partial charge in [0.15, 0.2) is 0 Å². The molecule has 1 saturated heterocycles. The Labute approximate surface area is 129 Å². The van der Waals surface area contributed by atoms with Crippen LogP contribution in [-0.2, 0) is 4.79 Å². The maximum atomic E-state index is 11.7. The molecular formula is C17H32N2O2. The molecule has 1 saturated carbocycles. The van der Waals surface area contributed by atoms with Gasteiger partial charge in [-0.15, -0.1) is 0 Å². The molecule has 4 nitrogen and oxygen atoms in total. The molecule has 3 atom stereocenters. The molecule has 2 aliphatic rings. The second kappa shape index (κ2) is 8.14. The molecule has 0 radical (unpaired) electrons. The minimum atomic E-state index is -0.225. The minimum Gasteiger partial charge on any atom is -0.393 e. The van der Waals surface area contributed by atoms with E-state index in [1.807, 2.05) is 11.8 Å². The van der Waals surface area contributed by atoms with Crippen molar-refractivity contribution in [2.45, 2.75) is 70.9 Å². The van der Waals surface area contributed by atoms with Crippen LogP contribution in [0.15, 0.2) is 0 Å².